The highest BCUT2D eigenvalue weighted by molar-refractivity contribution is 9.10. The topological polar surface area (TPSA) is 38.9 Å². The van der Waals surface area contributed by atoms with Gasteiger partial charge in [0.2, 0.25) is 11.8 Å². The summed E-state index contributed by atoms with van der Waals surface area (Å²) < 4.78 is 6.72. The Morgan fingerprint density at radius 3 is 2.57 bits per heavy atom. The van der Waals surface area contributed by atoms with Crippen LogP contribution < -0.4 is 0 Å². The molecule has 6 heteroatoms. The lowest BCUT2D eigenvalue weighted by Gasteiger charge is -1.99. The van der Waals surface area contributed by atoms with Gasteiger partial charge in [-0.15, -0.1) is 22.0 Å². The molecular formula is C15H10BrClN2OS. The Labute approximate surface area is 139 Å². The lowest BCUT2D eigenvalue weighted by molar-refractivity contribution is 0.528. The smallest absolute Gasteiger partial charge is 0.249 e. The Morgan fingerprint density at radius 2 is 1.81 bits per heavy atom. The van der Waals surface area contributed by atoms with E-state index in [0.717, 1.165) is 14.9 Å². The van der Waals surface area contributed by atoms with Gasteiger partial charge in [-0.25, -0.2) is 0 Å². The van der Waals surface area contributed by atoms with E-state index in [9.17, 15) is 0 Å². The molecule has 0 bridgehead atoms. The third-order valence-electron chi connectivity index (χ3n) is 2.75. The number of hydrogen-bond acceptors (Lipinski definition) is 4. The predicted octanol–water partition coefficient (Wildman–Crippen LogP) is 5.44. The summed E-state index contributed by atoms with van der Waals surface area (Å²) in [5.74, 6) is 1.66. The number of thioether (sulfide) groups is 1. The maximum atomic E-state index is 6.12. The van der Waals surface area contributed by atoms with Crippen molar-refractivity contribution in [2.75, 3.05) is 0 Å². The SMILES string of the molecule is Clc1ccccc1-c1nnc(CSc2ccc(Br)cc2)o1. The van der Waals surface area contributed by atoms with Crippen molar-refractivity contribution in [1.29, 1.82) is 0 Å². The molecule has 0 spiro atoms. The highest BCUT2D eigenvalue weighted by Gasteiger charge is 2.11. The second kappa shape index (κ2) is 6.64. The van der Waals surface area contributed by atoms with E-state index in [1.807, 2.05) is 42.5 Å². The van der Waals surface area contributed by atoms with Crippen LogP contribution in [0.5, 0.6) is 0 Å². The number of nitrogens with zero attached hydrogens (tertiary/aromatic N) is 2. The molecule has 0 radical (unpaired) electrons. The normalized spacial score (nSPS) is 10.8. The lowest BCUT2D eigenvalue weighted by Crippen LogP contribution is -1.80. The molecule has 0 N–H and O–H groups in total. The van der Waals surface area contributed by atoms with Crippen LogP contribution in [0.1, 0.15) is 5.89 Å². The molecule has 0 saturated heterocycles. The van der Waals surface area contributed by atoms with Gasteiger partial charge < -0.3 is 4.42 Å². The lowest BCUT2D eigenvalue weighted by atomic mass is 10.2. The van der Waals surface area contributed by atoms with Crippen LogP contribution >= 0.6 is 39.3 Å². The molecule has 0 aliphatic heterocycles. The summed E-state index contributed by atoms with van der Waals surface area (Å²) in [6.07, 6.45) is 0. The van der Waals surface area contributed by atoms with Crippen LogP contribution in [0.25, 0.3) is 11.5 Å². The van der Waals surface area contributed by atoms with E-state index in [-0.39, 0.29) is 0 Å². The molecule has 106 valence electrons. The summed E-state index contributed by atoms with van der Waals surface area (Å²) in [7, 11) is 0. The molecule has 0 fully saturated rings. The van der Waals surface area contributed by atoms with Crippen molar-refractivity contribution < 1.29 is 4.42 Å². The summed E-state index contributed by atoms with van der Waals surface area (Å²) in [6, 6.07) is 15.5. The quantitative estimate of drug-likeness (QED) is 0.564. The first kappa shape index (κ1) is 14.6. The fraction of sp³-hybridized carbons (Fsp3) is 0.0667. The highest BCUT2D eigenvalue weighted by atomic mass is 79.9. The Kier molecular flexibility index (Phi) is 4.63. The molecule has 0 aliphatic rings. The average molecular weight is 382 g/mol. The molecular weight excluding hydrogens is 372 g/mol. The number of rotatable bonds is 4. The zero-order chi connectivity index (χ0) is 14.7. The maximum absolute atomic E-state index is 6.12. The second-order valence-electron chi connectivity index (χ2n) is 4.22. The summed E-state index contributed by atoms with van der Waals surface area (Å²) in [5, 5.41) is 8.72. The van der Waals surface area contributed by atoms with E-state index in [1.165, 1.54) is 0 Å². The van der Waals surface area contributed by atoms with Crippen LogP contribution in [0, 0.1) is 0 Å². The Balaban J connectivity index is 1.71. The molecule has 1 heterocycles. The second-order valence-corrected chi connectivity index (χ2v) is 6.60. The van der Waals surface area contributed by atoms with Gasteiger partial charge in [0.1, 0.15) is 0 Å². The van der Waals surface area contributed by atoms with Crippen molar-refractivity contribution in [2.45, 2.75) is 10.6 Å². The van der Waals surface area contributed by atoms with Gasteiger partial charge >= 0.3 is 0 Å². The molecule has 0 unspecified atom stereocenters. The van der Waals surface area contributed by atoms with Crippen molar-refractivity contribution >= 4 is 39.3 Å². The summed E-state index contributed by atoms with van der Waals surface area (Å²) in [4.78, 5) is 1.15. The minimum Gasteiger partial charge on any atom is -0.420 e. The Hall–Kier alpha value is -1.30. The van der Waals surface area contributed by atoms with Gasteiger partial charge in [-0.3, -0.25) is 0 Å². The molecule has 1 aromatic heterocycles. The van der Waals surface area contributed by atoms with Crippen molar-refractivity contribution in [3.05, 3.63) is 63.9 Å². The summed E-state index contributed by atoms with van der Waals surface area (Å²) >= 11 is 11.2. The fourth-order valence-corrected chi connectivity index (χ4v) is 2.95. The molecule has 0 atom stereocenters. The number of hydrogen-bond donors (Lipinski definition) is 0. The van der Waals surface area contributed by atoms with Crippen LogP contribution in [0.3, 0.4) is 0 Å². The standard InChI is InChI=1S/C15H10BrClN2OS/c16-10-5-7-11(8-6-10)21-9-14-18-19-15(20-14)12-3-1-2-4-13(12)17/h1-8H,9H2. The molecule has 3 rings (SSSR count). The molecule has 0 aliphatic carbocycles. The van der Waals surface area contributed by atoms with E-state index in [0.29, 0.717) is 22.6 Å². The average Bonchev–Trinajstić information content (AvgIpc) is 2.96. The van der Waals surface area contributed by atoms with Crippen LogP contribution in [-0.2, 0) is 5.75 Å². The molecule has 0 amide bonds. The zero-order valence-corrected chi connectivity index (χ0v) is 14.0. The third kappa shape index (κ3) is 3.67. The molecule has 2 aromatic carbocycles. The van der Waals surface area contributed by atoms with Crippen LogP contribution in [0.4, 0.5) is 0 Å². The molecule has 3 aromatic rings. The zero-order valence-electron chi connectivity index (χ0n) is 10.8. The van der Waals surface area contributed by atoms with Gasteiger partial charge in [-0.2, -0.15) is 0 Å². The number of halogens is 2. The number of benzene rings is 2. The van der Waals surface area contributed by atoms with Crippen molar-refractivity contribution in [1.82, 2.24) is 10.2 Å². The van der Waals surface area contributed by atoms with E-state index in [4.69, 9.17) is 16.0 Å². The van der Waals surface area contributed by atoms with Crippen LogP contribution in [0.2, 0.25) is 5.02 Å². The van der Waals surface area contributed by atoms with E-state index in [1.54, 1.807) is 17.8 Å². The van der Waals surface area contributed by atoms with Gasteiger partial charge in [0.05, 0.1) is 16.3 Å². The molecule has 3 nitrogen and oxygen atoms in total. The minimum atomic E-state index is 0.451. The maximum Gasteiger partial charge on any atom is 0.249 e. The van der Waals surface area contributed by atoms with Gasteiger partial charge in [-0.1, -0.05) is 39.7 Å². The first-order valence-electron chi connectivity index (χ1n) is 6.18. The Morgan fingerprint density at radius 1 is 1.05 bits per heavy atom. The van der Waals surface area contributed by atoms with E-state index >= 15 is 0 Å². The highest BCUT2D eigenvalue weighted by Crippen LogP contribution is 2.28. The van der Waals surface area contributed by atoms with Crippen molar-refractivity contribution in [3.8, 4) is 11.5 Å². The van der Waals surface area contributed by atoms with Crippen LogP contribution in [0.15, 0.2) is 62.3 Å². The van der Waals surface area contributed by atoms with E-state index in [2.05, 4.69) is 26.1 Å². The van der Waals surface area contributed by atoms with Crippen molar-refractivity contribution in [3.63, 3.8) is 0 Å². The minimum absolute atomic E-state index is 0.451. The molecule has 0 saturated carbocycles. The van der Waals surface area contributed by atoms with Gasteiger partial charge in [-0.05, 0) is 36.4 Å². The largest absolute Gasteiger partial charge is 0.420 e. The monoisotopic (exact) mass is 380 g/mol. The van der Waals surface area contributed by atoms with Crippen molar-refractivity contribution in [2.24, 2.45) is 0 Å². The van der Waals surface area contributed by atoms with Gasteiger partial charge in [0, 0.05) is 9.37 Å². The Bertz CT molecular complexity index is 745. The predicted molar refractivity (Wildman–Crippen MR) is 88.4 cm³/mol. The fourth-order valence-electron chi connectivity index (χ4n) is 1.73. The summed E-state index contributed by atoms with van der Waals surface area (Å²) in [5.41, 5.74) is 0.756. The summed E-state index contributed by atoms with van der Waals surface area (Å²) in [6.45, 7) is 0. The van der Waals surface area contributed by atoms with Gasteiger partial charge in [0.15, 0.2) is 0 Å². The van der Waals surface area contributed by atoms with Crippen LogP contribution in [-0.4, -0.2) is 10.2 Å². The first-order chi connectivity index (χ1) is 10.2. The van der Waals surface area contributed by atoms with E-state index < -0.39 is 0 Å². The third-order valence-corrected chi connectivity index (χ3v) is 4.60. The van der Waals surface area contributed by atoms with Gasteiger partial charge in [0.25, 0.3) is 0 Å². The molecule has 21 heavy (non-hydrogen) atoms. The number of aromatic nitrogens is 2. The first-order valence-corrected chi connectivity index (χ1v) is 8.34.